The van der Waals surface area contributed by atoms with Crippen LogP contribution < -0.4 is 4.74 Å². The second-order valence-corrected chi connectivity index (χ2v) is 4.12. The van der Waals surface area contributed by atoms with Gasteiger partial charge < -0.3 is 4.74 Å². The lowest BCUT2D eigenvalue weighted by atomic mass is 10.2. The van der Waals surface area contributed by atoms with Crippen LogP contribution in [0.4, 0.5) is 0 Å². The molecule has 2 aromatic heterocycles. The van der Waals surface area contributed by atoms with Crippen LogP contribution in [0.15, 0.2) is 23.8 Å². The first kappa shape index (κ1) is 13.8. The number of carbonyl (C=O) groups excluding carboxylic acids is 1. The molecule has 8 nitrogen and oxygen atoms in total. The molecule has 0 aromatic carbocycles. The SMILES string of the molecule is COc1nc(CCC(=O)N=N)cnc1-n1cnc(C)c1. The molecule has 20 heavy (non-hydrogen) atoms. The van der Waals surface area contributed by atoms with E-state index >= 15 is 0 Å². The fraction of sp³-hybridized carbons (Fsp3) is 0.333. The monoisotopic (exact) mass is 274 g/mol. The average Bonchev–Trinajstić information content (AvgIpc) is 2.90. The topological polar surface area (TPSA) is 106 Å². The predicted octanol–water partition coefficient (Wildman–Crippen LogP) is 1.47. The summed E-state index contributed by atoms with van der Waals surface area (Å²) in [5.41, 5.74) is 8.08. The molecule has 0 spiro atoms. The van der Waals surface area contributed by atoms with Crippen LogP contribution in [0.1, 0.15) is 17.8 Å². The fourth-order valence-corrected chi connectivity index (χ4v) is 1.66. The van der Waals surface area contributed by atoms with E-state index in [1.807, 2.05) is 13.1 Å². The molecule has 0 bridgehead atoms. The van der Waals surface area contributed by atoms with E-state index in [1.165, 1.54) is 7.11 Å². The molecule has 0 aliphatic heterocycles. The van der Waals surface area contributed by atoms with Gasteiger partial charge in [0, 0.05) is 19.0 Å². The largest absolute Gasteiger partial charge is 0.478 e. The summed E-state index contributed by atoms with van der Waals surface area (Å²) < 4.78 is 6.93. The third kappa shape index (κ3) is 3.02. The maximum Gasteiger partial charge on any atom is 0.264 e. The maximum absolute atomic E-state index is 11.0. The number of imidazole rings is 1. The van der Waals surface area contributed by atoms with Crippen LogP contribution in [0.2, 0.25) is 0 Å². The van der Waals surface area contributed by atoms with Crippen LogP contribution in [0.5, 0.6) is 5.88 Å². The molecule has 0 aliphatic rings. The van der Waals surface area contributed by atoms with Gasteiger partial charge in [0.2, 0.25) is 5.82 Å². The maximum atomic E-state index is 11.0. The van der Waals surface area contributed by atoms with Crippen molar-refractivity contribution in [2.24, 2.45) is 5.11 Å². The van der Waals surface area contributed by atoms with Gasteiger partial charge in [0.05, 0.1) is 24.7 Å². The van der Waals surface area contributed by atoms with E-state index in [9.17, 15) is 4.79 Å². The van der Waals surface area contributed by atoms with Crippen molar-refractivity contribution in [3.8, 4) is 11.7 Å². The Bertz CT molecular complexity index is 637. The van der Waals surface area contributed by atoms with Crippen LogP contribution in [-0.4, -0.2) is 32.5 Å². The number of methoxy groups -OCH3 is 1. The number of nitrogens with zero attached hydrogens (tertiary/aromatic N) is 5. The highest BCUT2D eigenvalue weighted by atomic mass is 16.5. The van der Waals surface area contributed by atoms with E-state index in [1.54, 1.807) is 17.1 Å². The summed E-state index contributed by atoms with van der Waals surface area (Å²) in [5, 5.41) is 2.83. The summed E-state index contributed by atoms with van der Waals surface area (Å²) in [7, 11) is 1.51. The van der Waals surface area contributed by atoms with Gasteiger partial charge in [-0.2, -0.15) is 0 Å². The molecular formula is C12H14N6O2. The average molecular weight is 274 g/mol. The third-order valence-corrected chi connectivity index (χ3v) is 2.64. The van der Waals surface area contributed by atoms with E-state index in [2.05, 4.69) is 20.1 Å². The van der Waals surface area contributed by atoms with Crippen LogP contribution in [0.3, 0.4) is 0 Å². The summed E-state index contributed by atoms with van der Waals surface area (Å²) in [5.74, 6) is 0.406. The Hall–Kier alpha value is -2.64. The first-order valence-corrected chi connectivity index (χ1v) is 5.95. The van der Waals surface area contributed by atoms with E-state index < -0.39 is 5.91 Å². The minimum Gasteiger partial charge on any atom is -0.478 e. The summed E-state index contributed by atoms with van der Waals surface area (Å²) in [6, 6.07) is 0. The smallest absolute Gasteiger partial charge is 0.264 e. The molecule has 0 unspecified atom stereocenters. The predicted molar refractivity (Wildman–Crippen MR) is 68.9 cm³/mol. The lowest BCUT2D eigenvalue weighted by Crippen LogP contribution is -2.05. The number of hydrogen-bond donors (Lipinski definition) is 1. The molecular weight excluding hydrogens is 260 g/mol. The Labute approximate surface area is 115 Å². The van der Waals surface area contributed by atoms with E-state index in [0.717, 1.165) is 5.69 Å². The lowest BCUT2D eigenvalue weighted by molar-refractivity contribution is -0.118. The highest BCUT2D eigenvalue weighted by molar-refractivity contribution is 5.76. The molecule has 0 atom stereocenters. The third-order valence-electron chi connectivity index (χ3n) is 2.64. The zero-order chi connectivity index (χ0) is 14.5. The second kappa shape index (κ2) is 6.00. The number of aryl methyl sites for hydroxylation is 2. The van der Waals surface area contributed by atoms with Crippen molar-refractivity contribution in [2.75, 3.05) is 7.11 Å². The zero-order valence-electron chi connectivity index (χ0n) is 11.2. The molecule has 0 fully saturated rings. The van der Waals surface area contributed by atoms with Gasteiger partial charge in [-0.25, -0.2) is 20.5 Å². The Morgan fingerprint density at radius 1 is 1.50 bits per heavy atom. The number of carbonyl (C=O) groups is 1. The van der Waals surface area contributed by atoms with Crippen molar-refractivity contribution in [3.05, 3.63) is 30.1 Å². The number of nitrogens with one attached hydrogen (secondary N) is 1. The number of amides is 1. The van der Waals surface area contributed by atoms with Gasteiger partial charge in [-0.05, 0) is 6.92 Å². The van der Waals surface area contributed by atoms with Gasteiger partial charge >= 0.3 is 0 Å². The van der Waals surface area contributed by atoms with Crippen molar-refractivity contribution < 1.29 is 9.53 Å². The van der Waals surface area contributed by atoms with Crippen molar-refractivity contribution in [2.45, 2.75) is 19.8 Å². The molecule has 2 rings (SSSR count). The second-order valence-electron chi connectivity index (χ2n) is 4.12. The molecule has 0 aliphatic carbocycles. The molecule has 2 aromatic rings. The first-order chi connectivity index (χ1) is 9.63. The van der Waals surface area contributed by atoms with E-state index in [-0.39, 0.29) is 6.42 Å². The summed E-state index contributed by atoms with van der Waals surface area (Å²) in [6.45, 7) is 1.88. The fourth-order valence-electron chi connectivity index (χ4n) is 1.66. The zero-order valence-corrected chi connectivity index (χ0v) is 11.2. The Morgan fingerprint density at radius 3 is 2.90 bits per heavy atom. The minimum atomic E-state index is -0.486. The molecule has 2 heterocycles. The lowest BCUT2D eigenvalue weighted by Gasteiger charge is -2.08. The number of hydrogen-bond acceptors (Lipinski definition) is 6. The van der Waals surface area contributed by atoms with Crippen molar-refractivity contribution in [3.63, 3.8) is 0 Å². The first-order valence-electron chi connectivity index (χ1n) is 5.95. The molecule has 104 valence electrons. The van der Waals surface area contributed by atoms with E-state index in [4.69, 9.17) is 10.3 Å². The van der Waals surface area contributed by atoms with Crippen molar-refractivity contribution in [1.29, 1.82) is 5.53 Å². The van der Waals surface area contributed by atoms with E-state index in [0.29, 0.717) is 23.8 Å². The minimum absolute atomic E-state index is 0.130. The number of aromatic nitrogens is 4. The van der Waals surface area contributed by atoms with Gasteiger partial charge in [0.15, 0.2) is 0 Å². The van der Waals surface area contributed by atoms with Crippen LogP contribution in [0.25, 0.3) is 5.82 Å². The quantitative estimate of drug-likeness (QED) is 0.831. The molecule has 8 heteroatoms. The van der Waals surface area contributed by atoms with Gasteiger partial charge in [0.1, 0.15) is 6.33 Å². The summed E-state index contributed by atoms with van der Waals surface area (Å²) in [6.07, 6.45) is 5.52. The van der Waals surface area contributed by atoms with Gasteiger partial charge in [-0.15, -0.1) is 5.11 Å². The van der Waals surface area contributed by atoms with Crippen LogP contribution >= 0.6 is 0 Å². The van der Waals surface area contributed by atoms with Gasteiger partial charge in [-0.3, -0.25) is 9.36 Å². The highest BCUT2D eigenvalue weighted by Crippen LogP contribution is 2.18. The van der Waals surface area contributed by atoms with Crippen LogP contribution in [-0.2, 0) is 11.2 Å². The normalized spacial score (nSPS) is 10.3. The molecule has 1 N–H and O–H groups in total. The molecule has 1 amide bonds. The summed E-state index contributed by atoms with van der Waals surface area (Å²) in [4.78, 5) is 23.7. The number of rotatable bonds is 5. The highest BCUT2D eigenvalue weighted by Gasteiger charge is 2.11. The molecule has 0 saturated heterocycles. The molecule has 0 saturated carbocycles. The Balaban J connectivity index is 2.24. The number of ether oxygens (including phenoxy) is 1. The van der Waals surface area contributed by atoms with Crippen LogP contribution in [0, 0.1) is 12.5 Å². The van der Waals surface area contributed by atoms with Crippen molar-refractivity contribution >= 4 is 5.91 Å². The standard InChI is InChI=1S/C12H14N6O2/c1-8-6-18(7-15-8)11-12(20-2)16-9(5-14-11)3-4-10(19)17-13/h5-7,13H,3-4H2,1-2H3. The molecule has 0 radical (unpaired) electrons. The Morgan fingerprint density at radius 2 is 2.30 bits per heavy atom. The van der Waals surface area contributed by atoms with Gasteiger partial charge in [0.25, 0.3) is 11.8 Å². The summed E-state index contributed by atoms with van der Waals surface area (Å²) >= 11 is 0. The Kier molecular flexibility index (Phi) is 4.14. The van der Waals surface area contributed by atoms with Crippen molar-refractivity contribution in [1.82, 2.24) is 19.5 Å². The van der Waals surface area contributed by atoms with Gasteiger partial charge in [-0.1, -0.05) is 0 Å².